The Kier molecular flexibility index (Phi) is 6.71. The fourth-order valence-corrected chi connectivity index (χ4v) is 3.80. The molecule has 8 nitrogen and oxygen atoms in total. The number of alkyl carbamates (subject to hydrolysis) is 1. The van der Waals surface area contributed by atoms with E-state index in [1.807, 2.05) is 48.5 Å². The molecule has 160 valence electrons. The molecule has 1 amide bonds. The lowest BCUT2D eigenvalue weighted by molar-refractivity contribution is -0.143. The zero-order valence-electron chi connectivity index (χ0n) is 16.9. The molecule has 2 aromatic carbocycles. The Hall–Kier alpha value is -2.94. The molecular formula is C22H26N2O6. The van der Waals surface area contributed by atoms with Crippen molar-refractivity contribution in [3.63, 3.8) is 0 Å². The second kappa shape index (κ2) is 9.25. The van der Waals surface area contributed by atoms with E-state index in [-0.39, 0.29) is 19.1 Å². The number of aliphatic hydroxyl groups excluding tert-OH is 2. The summed E-state index contributed by atoms with van der Waals surface area (Å²) in [5, 5.41) is 31.1. The maximum absolute atomic E-state index is 12.3. The average molecular weight is 414 g/mol. The molecule has 0 spiro atoms. The van der Waals surface area contributed by atoms with Crippen LogP contribution in [0.5, 0.6) is 0 Å². The molecule has 8 heteroatoms. The first-order chi connectivity index (χ1) is 14.3. The van der Waals surface area contributed by atoms with Gasteiger partial charge in [0.2, 0.25) is 0 Å². The van der Waals surface area contributed by atoms with Gasteiger partial charge in [0.1, 0.15) is 25.1 Å². The van der Waals surface area contributed by atoms with E-state index in [9.17, 15) is 24.9 Å². The van der Waals surface area contributed by atoms with Crippen LogP contribution >= 0.6 is 0 Å². The van der Waals surface area contributed by atoms with Gasteiger partial charge in [0.05, 0.1) is 0 Å². The molecule has 0 heterocycles. The van der Waals surface area contributed by atoms with Crippen molar-refractivity contribution in [1.29, 1.82) is 0 Å². The summed E-state index contributed by atoms with van der Waals surface area (Å²) in [7, 11) is 0. The van der Waals surface area contributed by atoms with Crippen LogP contribution in [0.2, 0.25) is 0 Å². The number of carbonyl (C=O) groups excluding carboxylic acids is 1. The molecule has 0 unspecified atom stereocenters. The number of hydrogen-bond donors (Lipinski definition) is 4. The summed E-state index contributed by atoms with van der Waals surface area (Å²) in [6.45, 7) is 2.58. The van der Waals surface area contributed by atoms with Crippen LogP contribution in [0, 0.1) is 0 Å². The molecule has 1 aliphatic carbocycles. The molecule has 0 aromatic heterocycles. The maximum atomic E-state index is 12.3. The summed E-state index contributed by atoms with van der Waals surface area (Å²) in [6.07, 6.45) is -3.05. The second-order valence-corrected chi connectivity index (χ2v) is 7.32. The third-order valence-electron chi connectivity index (χ3n) is 5.29. The van der Waals surface area contributed by atoms with Crippen LogP contribution in [0.4, 0.5) is 4.79 Å². The number of aliphatic hydroxyl groups is 2. The molecule has 2 aromatic rings. The number of nitrogens with one attached hydrogen (secondary N) is 1. The highest BCUT2D eigenvalue weighted by Crippen LogP contribution is 2.44. The zero-order chi connectivity index (χ0) is 21.8. The van der Waals surface area contributed by atoms with Gasteiger partial charge in [0, 0.05) is 12.5 Å². The summed E-state index contributed by atoms with van der Waals surface area (Å²) in [5.74, 6) is -1.44. The number of amides is 1. The first-order valence-electron chi connectivity index (χ1n) is 9.75. The lowest BCUT2D eigenvalue weighted by atomic mass is 9.98. The van der Waals surface area contributed by atoms with E-state index in [1.54, 1.807) is 0 Å². The summed E-state index contributed by atoms with van der Waals surface area (Å²) in [5.41, 5.74) is 4.29. The summed E-state index contributed by atoms with van der Waals surface area (Å²) in [4.78, 5) is 25.0. The van der Waals surface area contributed by atoms with E-state index in [0.717, 1.165) is 27.2 Å². The minimum atomic E-state index is -1.36. The molecule has 0 bridgehead atoms. The van der Waals surface area contributed by atoms with Crippen molar-refractivity contribution in [2.24, 2.45) is 0 Å². The van der Waals surface area contributed by atoms with Gasteiger partial charge in [-0.05, 0) is 36.1 Å². The Morgan fingerprint density at radius 1 is 1.00 bits per heavy atom. The standard InChI is InChI=1S/C22H26N2O6/c1-13(25)24(14(2)26)11-20(21(27)28)23-22(29)30-12-19-17-9-5-3-7-15(17)16-8-4-6-10-18(16)19/h3-10,13-14,19-20,25-26H,11-12H2,1-2H3,(H,23,29)(H,27,28)/t13-,14-,20+/m0/s1. The Bertz CT molecular complexity index is 861. The summed E-state index contributed by atoms with van der Waals surface area (Å²) in [6, 6.07) is 14.4. The van der Waals surface area contributed by atoms with E-state index >= 15 is 0 Å². The lowest BCUT2D eigenvalue weighted by Crippen LogP contribution is -2.53. The van der Waals surface area contributed by atoms with Gasteiger partial charge in [-0.25, -0.2) is 9.59 Å². The summed E-state index contributed by atoms with van der Waals surface area (Å²) >= 11 is 0. The van der Waals surface area contributed by atoms with E-state index in [0.29, 0.717) is 0 Å². The molecule has 30 heavy (non-hydrogen) atoms. The first-order valence-corrected chi connectivity index (χ1v) is 9.75. The van der Waals surface area contributed by atoms with Crippen LogP contribution in [0.25, 0.3) is 11.1 Å². The van der Waals surface area contributed by atoms with Crippen LogP contribution in [-0.4, -0.2) is 63.9 Å². The second-order valence-electron chi connectivity index (χ2n) is 7.32. The number of rotatable bonds is 8. The van der Waals surface area contributed by atoms with Crippen LogP contribution in [0.3, 0.4) is 0 Å². The summed E-state index contributed by atoms with van der Waals surface area (Å²) < 4.78 is 5.37. The number of carbonyl (C=O) groups is 2. The van der Waals surface area contributed by atoms with E-state index in [4.69, 9.17) is 4.74 Å². The Labute approximate surface area is 174 Å². The molecule has 0 radical (unpaired) electrons. The third-order valence-corrected chi connectivity index (χ3v) is 5.29. The third kappa shape index (κ3) is 4.62. The Morgan fingerprint density at radius 3 is 1.97 bits per heavy atom. The van der Waals surface area contributed by atoms with Crippen molar-refractivity contribution in [1.82, 2.24) is 10.2 Å². The van der Waals surface area contributed by atoms with Gasteiger partial charge >= 0.3 is 12.1 Å². The topological polar surface area (TPSA) is 119 Å². The van der Waals surface area contributed by atoms with Crippen LogP contribution in [0.1, 0.15) is 30.9 Å². The molecule has 3 atom stereocenters. The van der Waals surface area contributed by atoms with Crippen LogP contribution in [0.15, 0.2) is 48.5 Å². The van der Waals surface area contributed by atoms with Crippen LogP contribution in [-0.2, 0) is 9.53 Å². The van der Waals surface area contributed by atoms with Crippen molar-refractivity contribution in [2.75, 3.05) is 13.2 Å². The van der Waals surface area contributed by atoms with Crippen molar-refractivity contribution < 1.29 is 29.6 Å². The largest absolute Gasteiger partial charge is 0.480 e. The number of carboxylic acids is 1. The van der Waals surface area contributed by atoms with Gasteiger partial charge in [-0.2, -0.15) is 0 Å². The average Bonchev–Trinajstić information content (AvgIpc) is 3.02. The predicted molar refractivity (Wildman–Crippen MR) is 110 cm³/mol. The van der Waals surface area contributed by atoms with Gasteiger partial charge in [-0.1, -0.05) is 48.5 Å². The van der Waals surface area contributed by atoms with Crippen molar-refractivity contribution in [2.45, 2.75) is 38.3 Å². The fourth-order valence-electron chi connectivity index (χ4n) is 3.80. The number of ether oxygens (including phenoxy) is 1. The van der Waals surface area contributed by atoms with Crippen molar-refractivity contribution in [3.05, 3.63) is 59.7 Å². The molecule has 0 saturated heterocycles. The quantitative estimate of drug-likeness (QED) is 0.488. The van der Waals surface area contributed by atoms with Crippen molar-refractivity contribution in [3.8, 4) is 11.1 Å². The number of hydrogen-bond acceptors (Lipinski definition) is 6. The van der Waals surface area contributed by atoms with Gasteiger partial charge < -0.3 is 25.4 Å². The number of benzene rings is 2. The van der Waals surface area contributed by atoms with E-state index in [2.05, 4.69) is 5.32 Å². The van der Waals surface area contributed by atoms with E-state index in [1.165, 1.54) is 13.8 Å². The first kappa shape index (κ1) is 21.8. The molecule has 0 aliphatic heterocycles. The Balaban J connectivity index is 1.67. The normalized spacial score (nSPS) is 15.8. The van der Waals surface area contributed by atoms with E-state index < -0.39 is 30.6 Å². The molecule has 4 N–H and O–H groups in total. The smallest absolute Gasteiger partial charge is 0.407 e. The highest BCUT2D eigenvalue weighted by molar-refractivity contribution is 5.81. The zero-order valence-corrected chi connectivity index (χ0v) is 16.9. The maximum Gasteiger partial charge on any atom is 0.407 e. The molecule has 1 aliphatic rings. The predicted octanol–water partition coefficient (Wildman–Crippen LogP) is 1.96. The van der Waals surface area contributed by atoms with Gasteiger partial charge in [0.15, 0.2) is 0 Å². The fraction of sp³-hybridized carbons (Fsp3) is 0.364. The highest BCUT2D eigenvalue weighted by atomic mass is 16.5. The van der Waals surface area contributed by atoms with Gasteiger partial charge in [-0.15, -0.1) is 0 Å². The van der Waals surface area contributed by atoms with Crippen molar-refractivity contribution >= 4 is 12.1 Å². The Morgan fingerprint density at radius 2 is 1.50 bits per heavy atom. The number of aliphatic carboxylic acids is 1. The van der Waals surface area contributed by atoms with Gasteiger partial charge in [0.25, 0.3) is 0 Å². The number of carboxylic acid groups (broad SMARTS) is 1. The SMILES string of the molecule is C[C@H](O)N(C[C@@H](NC(=O)OCC1c2ccccc2-c2ccccc21)C(=O)O)[C@H](C)O. The number of fused-ring (bicyclic) bond motifs is 3. The molecular weight excluding hydrogens is 388 g/mol. The van der Waals surface area contributed by atoms with Gasteiger partial charge in [-0.3, -0.25) is 4.90 Å². The number of nitrogens with zero attached hydrogens (tertiary/aromatic N) is 1. The molecule has 3 rings (SSSR count). The molecule has 0 fully saturated rings. The lowest BCUT2D eigenvalue weighted by Gasteiger charge is -2.30. The molecule has 0 saturated carbocycles. The van der Waals surface area contributed by atoms with Crippen LogP contribution < -0.4 is 5.32 Å². The highest BCUT2D eigenvalue weighted by Gasteiger charge is 2.31. The minimum Gasteiger partial charge on any atom is -0.480 e. The monoisotopic (exact) mass is 414 g/mol. The minimum absolute atomic E-state index is 0.0583.